The average Bonchev–Trinajstić information content (AvgIpc) is 2.27. The summed E-state index contributed by atoms with van der Waals surface area (Å²) in [5, 5.41) is 0. The van der Waals surface area contributed by atoms with E-state index in [0.717, 1.165) is 12.1 Å². The average molecular weight is 268 g/mol. The van der Waals surface area contributed by atoms with Crippen LogP contribution in [0.4, 0.5) is 10.5 Å². The van der Waals surface area contributed by atoms with Crippen LogP contribution in [0.25, 0.3) is 0 Å². The number of aryl methyl sites for hydroxylation is 2. The van der Waals surface area contributed by atoms with Gasteiger partial charge in [-0.05, 0) is 48.9 Å². The highest BCUT2D eigenvalue weighted by atomic mass is 79.9. The third kappa shape index (κ3) is 2.23. The van der Waals surface area contributed by atoms with Crippen LogP contribution in [-0.2, 0) is 12.8 Å². The second kappa shape index (κ2) is 4.35. The zero-order valence-corrected chi connectivity index (χ0v) is 10.4. The normalized spacial score (nSPS) is 14.5. The maximum Gasteiger partial charge on any atom is 0.293 e. The molecule has 0 saturated heterocycles. The van der Waals surface area contributed by atoms with E-state index in [4.69, 9.17) is 0 Å². The standard InChI is InChI=1S/C12H14BrNO/c1-14(12(13)15)11-7-6-9-4-2-3-5-10(9)8-11/h6-8H,2-5H2,1H3. The summed E-state index contributed by atoms with van der Waals surface area (Å²) in [5.74, 6) is 0. The zero-order valence-electron chi connectivity index (χ0n) is 8.79. The lowest BCUT2D eigenvalue weighted by Crippen LogP contribution is -2.19. The quantitative estimate of drug-likeness (QED) is 0.563. The van der Waals surface area contributed by atoms with Gasteiger partial charge in [-0.3, -0.25) is 4.79 Å². The molecule has 2 rings (SSSR count). The summed E-state index contributed by atoms with van der Waals surface area (Å²) in [4.78, 5) is 12.7. The van der Waals surface area contributed by atoms with Crippen molar-refractivity contribution in [3.8, 4) is 0 Å². The molecule has 0 heterocycles. The lowest BCUT2D eigenvalue weighted by molar-refractivity contribution is 0.267. The van der Waals surface area contributed by atoms with Gasteiger partial charge in [0.1, 0.15) is 0 Å². The highest BCUT2D eigenvalue weighted by Crippen LogP contribution is 2.26. The van der Waals surface area contributed by atoms with Crippen molar-refractivity contribution in [2.75, 3.05) is 11.9 Å². The van der Waals surface area contributed by atoms with Crippen LogP contribution < -0.4 is 4.90 Å². The van der Waals surface area contributed by atoms with Crippen molar-refractivity contribution < 1.29 is 4.79 Å². The number of carbonyl (C=O) groups excluding carboxylic acids is 1. The topological polar surface area (TPSA) is 20.3 Å². The predicted molar refractivity (Wildman–Crippen MR) is 65.8 cm³/mol. The Balaban J connectivity index is 2.31. The fourth-order valence-corrected chi connectivity index (χ4v) is 2.23. The van der Waals surface area contributed by atoms with Crippen molar-refractivity contribution >= 4 is 26.4 Å². The Morgan fingerprint density at radius 2 is 1.93 bits per heavy atom. The molecule has 0 spiro atoms. The number of amides is 1. The number of rotatable bonds is 1. The second-order valence-electron chi connectivity index (χ2n) is 3.97. The van der Waals surface area contributed by atoms with Gasteiger partial charge in [0.2, 0.25) is 0 Å². The van der Waals surface area contributed by atoms with Crippen LogP contribution in [0.15, 0.2) is 18.2 Å². The molecule has 80 valence electrons. The summed E-state index contributed by atoms with van der Waals surface area (Å²) in [7, 11) is 1.78. The first kappa shape index (κ1) is 10.7. The molecule has 1 amide bonds. The Morgan fingerprint density at radius 3 is 2.60 bits per heavy atom. The van der Waals surface area contributed by atoms with Crippen molar-refractivity contribution in [1.29, 1.82) is 0 Å². The third-order valence-corrected chi connectivity index (χ3v) is 3.52. The van der Waals surface area contributed by atoms with Crippen LogP contribution in [0, 0.1) is 0 Å². The molecular formula is C12H14BrNO. The number of hydrogen-bond acceptors (Lipinski definition) is 1. The molecule has 1 aromatic rings. The minimum atomic E-state index is -0.0988. The number of carbonyl (C=O) groups is 1. The largest absolute Gasteiger partial charge is 0.306 e. The lowest BCUT2D eigenvalue weighted by Gasteiger charge is -2.20. The molecule has 0 fully saturated rings. The van der Waals surface area contributed by atoms with Gasteiger partial charge in [-0.2, -0.15) is 0 Å². The molecular weight excluding hydrogens is 254 g/mol. The van der Waals surface area contributed by atoms with Gasteiger partial charge in [0.25, 0.3) is 4.82 Å². The van der Waals surface area contributed by atoms with E-state index in [1.54, 1.807) is 11.9 Å². The summed E-state index contributed by atoms with van der Waals surface area (Å²) in [6, 6.07) is 6.30. The number of nitrogens with zero attached hydrogens (tertiary/aromatic N) is 1. The van der Waals surface area contributed by atoms with Crippen LogP contribution in [0.1, 0.15) is 24.0 Å². The van der Waals surface area contributed by atoms with Crippen molar-refractivity contribution in [3.63, 3.8) is 0 Å². The van der Waals surface area contributed by atoms with Gasteiger partial charge in [0, 0.05) is 28.7 Å². The number of benzene rings is 1. The van der Waals surface area contributed by atoms with Crippen LogP contribution in [-0.4, -0.2) is 11.9 Å². The summed E-state index contributed by atoms with van der Waals surface area (Å²) >= 11 is 2.96. The van der Waals surface area contributed by atoms with Gasteiger partial charge < -0.3 is 4.90 Å². The first-order chi connectivity index (χ1) is 7.18. The molecule has 0 radical (unpaired) electrons. The molecule has 1 aliphatic carbocycles. The van der Waals surface area contributed by atoms with Crippen molar-refractivity contribution in [2.45, 2.75) is 25.7 Å². The number of anilines is 1. The van der Waals surface area contributed by atoms with Crippen molar-refractivity contribution in [1.82, 2.24) is 0 Å². The molecule has 2 nitrogen and oxygen atoms in total. The van der Waals surface area contributed by atoms with Crippen LogP contribution in [0.2, 0.25) is 0 Å². The molecule has 0 atom stereocenters. The van der Waals surface area contributed by atoms with Gasteiger partial charge >= 0.3 is 0 Å². The van der Waals surface area contributed by atoms with E-state index in [2.05, 4.69) is 28.1 Å². The van der Waals surface area contributed by atoms with Gasteiger partial charge in [0.15, 0.2) is 0 Å². The van der Waals surface area contributed by atoms with Gasteiger partial charge in [-0.1, -0.05) is 6.07 Å². The number of fused-ring (bicyclic) bond motifs is 1. The zero-order chi connectivity index (χ0) is 10.8. The summed E-state index contributed by atoms with van der Waals surface area (Å²) in [6.07, 6.45) is 4.89. The van der Waals surface area contributed by atoms with Gasteiger partial charge in [0.05, 0.1) is 0 Å². The van der Waals surface area contributed by atoms with Crippen molar-refractivity contribution in [3.05, 3.63) is 29.3 Å². The lowest BCUT2D eigenvalue weighted by atomic mass is 9.91. The fourth-order valence-electron chi connectivity index (χ4n) is 2.03. The molecule has 15 heavy (non-hydrogen) atoms. The summed E-state index contributed by atoms with van der Waals surface area (Å²) in [5.41, 5.74) is 3.82. The molecule has 1 aromatic carbocycles. The second-order valence-corrected chi connectivity index (χ2v) is 4.65. The molecule has 0 saturated carbocycles. The monoisotopic (exact) mass is 267 g/mol. The molecule has 0 unspecified atom stereocenters. The van der Waals surface area contributed by atoms with Crippen LogP contribution >= 0.6 is 15.9 Å². The Bertz CT molecular complexity index is 389. The van der Waals surface area contributed by atoms with E-state index < -0.39 is 0 Å². The van der Waals surface area contributed by atoms with E-state index in [1.807, 2.05) is 6.07 Å². The highest BCUT2D eigenvalue weighted by molar-refractivity contribution is 9.18. The van der Waals surface area contributed by atoms with Gasteiger partial charge in [-0.25, -0.2) is 0 Å². The first-order valence-electron chi connectivity index (χ1n) is 5.23. The molecule has 0 aromatic heterocycles. The maximum absolute atomic E-state index is 11.2. The first-order valence-corrected chi connectivity index (χ1v) is 6.03. The predicted octanol–water partition coefficient (Wildman–Crippen LogP) is 3.52. The van der Waals surface area contributed by atoms with Crippen molar-refractivity contribution in [2.24, 2.45) is 0 Å². The summed E-state index contributed by atoms with van der Waals surface area (Å²) in [6.45, 7) is 0. The van der Waals surface area contributed by atoms with E-state index >= 15 is 0 Å². The summed E-state index contributed by atoms with van der Waals surface area (Å²) < 4.78 is 0. The Morgan fingerprint density at radius 1 is 1.27 bits per heavy atom. The highest BCUT2D eigenvalue weighted by Gasteiger charge is 2.12. The fraction of sp³-hybridized carbons (Fsp3) is 0.417. The minimum absolute atomic E-state index is 0.0988. The smallest absolute Gasteiger partial charge is 0.293 e. The Kier molecular flexibility index (Phi) is 3.10. The van der Waals surface area contributed by atoms with E-state index in [-0.39, 0.29) is 4.82 Å². The van der Waals surface area contributed by atoms with E-state index in [1.165, 1.54) is 30.4 Å². The van der Waals surface area contributed by atoms with E-state index in [9.17, 15) is 4.79 Å². The molecule has 3 heteroatoms. The Labute approximate surface area is 98.4 Å². The van der Waals surface area contributed by atoms with Gasteiger partial charge in [-0.15, -0.1) is 0 Å². The number of hydrogen-bond donors (Lipinski definition) is 0. The third-order valence-electron chi connectivity index (χ3n) is 2.98. The maximum atomic E-state index is 11.2. The SMILES string of the molecule is CN(C(=O)Br)c1ccc2c(c1)CCCC2. The van der Waals surface area contributed by atoms with Crippen LogP contribution in [0.5, 0.6) is 0 Å². The van der Waals surface area contributed by atoms with Crippen LogP contribution in [0.3, 0.4) is 0 Å². The Hall–Kier alpha value is -0.830. The molecule has 0 aliphatic heterocycles. The molecule has 0 bridgehead atoms. The molecule has 0 N–H and O–H groups in total. The number of halogens is 1. The molecule has 1 aliphatic rings. The minimum Gasteiger partial charge on any atom is -0.306 e. The van der Waals surface area contributed by atoms with E-state index in [0.29, 0.717) is 0 Å².